The van der Waals surface area contributed by atoms with Gasteiger partial charge in [0.05, 0.1) is 0 Å². The van der Waals surface area contributed by atoms with Crippen molar-refractivity contribution in [3.05, 3.63) is 17.7 Å². The molecule has 0 amide bonds. The SMILES string of the molecule is CC(C)(N)c1cc(O)cc2c1OCO2. The summed E-state index contributed by atoms with van der Waals surface area (Å²) in [6.45, 7) is 3.88. The number of hydrogen-bond acceptors (Lipinski definition) is 4. The molecule has 76 valence electrons. The Labute approximate surface area is 82.2 Å². The molecule has 3 N–H and O–H groups in total. The molecule has 1 heterocycles. The highest BCUT2D eigenvalue weighted by molar-refractivity contribution is 5.54. The Hall–Kier alpha value is -1.42. The first-order valence-electron chi connectivity index (χ1n) is 4.40. The normalized spacial score (nSPS) is 14.5. The van der Waals surface area contributed by atoms with Gasteiger partial charge in [-0.2, -0.15) is 0 Å². The van der Waals surface area contributed by atoms with Gasteiger partial charge in [-0.05, 0) is 19.9 Å². The van der Waals surface area contributed by atoms with E-state index in [4.69, 9.17) is 15.2 Å². The lowest BCUT2D eigenvalue weighted by atomic mass is 9.94. The molecule has 4 nitrogen and oxygen atoms in total. The quantitative estimate of drug-likeness (QED) is 0.709. The highest BCUT2D eigenvalue weighted by atomic mass is 16.7. The Morgan fingerprint density at radius 2 is 2.07 bits per heavy atom. The molecule has 0 atom stereocenters. The van der Waals surface area contributed by atoms with E-state index in [1.165, 1.54) is 6.07 Å². The second-order valence-electron chi connectivity index (χ2n) is 3.95. The number of nitrogens with two attached hydrogens (primary N) is 1. The maximum absolute atomic E-state index is 9.45. The zero-order valence-electron chi connectivity index (χ0n) is 8.20. The predicted octanol–water partition coefficient (Wildman–Crippen LogP) is 1.31. The Morgan fingerprint density at radius 1 is 1.36 bits per heavy atom. The van der Waals surface area contributed by atoms with E-state index in [-0.39, 0.29) is 12.5 Å². The van der Waals surface area contributed by atoms with Crippen LogP contribution >= 0.6 is 0 Å². The summed E-state index contributed by atoms with van der Waals surface area (Å²) in [5.41, 5.74) is 6.15. The van der Waals surface area contributed by atoms with Crippen LogP contribution < -0.4 is 15.2 Å². The minimum Gasteiger partial charge on any atom is -0.508 e. The largest absolute Gasteiger partial charge is 0.508 e. The van der Waals surface area contributed by atoms with Gasteiger partial charge in [-0.3, -0.25) is 0 Å². The van der Waals surface area contributed by atoms with E-state index in [0.29, 0.717) is 11.5 Å². The Kier molecular flexibility index (Phi) is 1.82. The van der Waals surface area contributed by atoms with Crippen LogP contribution in [0.3, 0.4) is 0 Å². The smallest absolute Gasteiger partial charge is 0.231 e. The molecule has 2 rings (SSSR count). The molecule has 1 aliphatic heterocycles. The molecular weight excluding hydrogens is 182 g/mol. The highest BCUT2D eigenvalue weighted by Gasteiger charge is 2.27. The highest BCUT2D eigenvalue weighted by Crippen LogP contribution is 2.42. The average molecular weight is 195 g/mol. The molecule has 1 aliphatic rings. The molecule has 0 radical (unpaired) electrons. The van der Waals surface area contributed by atoms with Crippen molar-refractivity contribution in [2.24, 2.45) is 5.73 Å². The fraction of sp³-hybridized carbons (Fsp3) is 0.400. The summed E-state index contributed by atoms with van der Waals surface area (Å²) in [5.74, 6) is 1.33. The number of fused-ring (bicyclic) bond motifs is 1. The van der Waals surface area contributed by atoms with Crippen LogP contribution in [0.4, 0.5) is 0 Å². The van der Waals surface area contributed by atoms with Gasteiger partial charge in [-0.25, -0.2) is 0 Å². The lowest BCUT2D eigenvalue weighted by Gasteiger charge is -2.20. The number of ether oxygens (including phenoxy) is 2. The van der Waals surface area contributed by atoms with E-state index in [0.717, 1.165) is 5.56 Å². The molecule has 0 fully saturated rings. The second kappa shape index (κ2) is 2.78. The molecular formula is C10H13NO3. The summed E-state index contributed by atoms with van der Waals surface area (Å²) >= 11 is 0. The average Bonchev–Trinajstić information content (AvgIpc) is 2.47. The van der Waals surface area contributed by atoms with Crippen molar-refractivity contribution in [1.29, 1.82) is 0 Å². The van der Waals surface area contributed by atoms with Crippen molar-refractivity contribution in [2.45, 2.75) is 19.4 Å². The van der Waals surface area contributed by atoms with Gasteiger partial charge in [0.15, 0.2) is 11.5 Å². The van der Waals surface area contributed by atoms with E-state index in [1.54, 1.807) is 6.07 Å². The maximum atomic E-state index is 9.45. The zero-order chi connectivity index (χ0) is 10.3. The molecule has 0 saturated heterocycles. The third kappa shape index (κ3) is 1.37. The summed E-state index contributed by atoms with van der Waals surface area (Å²) in [6, 6.07) is 3.13. The van der Waals surface area contributed by atoms with Crippen LogP contribution in [0.1, 0.15) is 19.4 Å². The number of aromatic hydroxyl groups is 1. The van der Waals surface area contributed by atoms with Gasteiger partial charge in [0.2, 0.25) is 6.79 Å². The van der Waals surface area contributed by atoms with Gasteiger partial charge in [-0.1, -0.05) is 0 Å². The minimum atomic E-state index is -0.559. The molecule has 0 unspecified atom stereocenters. The van der Waals surface area contributed by atoms with Crippen molar-refractivity contribution in [3.63, 3.8) is 0 Å². The predicted molar refractivity (Wildman–Crippen MR) is 51.4 cm³/mol. The Balaban J connectivity index is 2.60. The molecule has 0 saturated carbocycles. The number of hydrogen-bond donors (Lipinski definition) is 2. The standard InChI is InChI=1S/C10H13NO3/c1-10(2,11)7-3-6(12)4-8-9(7)14-5-13-8/h3-4,12H,5,11H2,1-2H3. The van der Waals surface area contributed by atoms with Gasteiger partial charge in [-0.15, -0.1) is 0 Å². The van der Waals surface area contributed by atoms with Crippen molar-refractivity contribution in [2.75, 3.05) is 6.79 Å². The molecule has 0 spiro atoms. The summed E-state index contributed by atoms with van der Waals surface area (Å²) < 4.78 is 10.5. The van der Waals surface area contributed by atoms with E-state index >= 15 is 0 Å². The van der Waals surface area contributed by atoms with Crippen molar-refractivity contribution in [1.82, 2.24) is 0 Å². The summed E-state index contributed by atoms with van der Waals surface area (Å²) in [4.78, 5) is 0. The van der Waals surface area contributed by atoms with Crippen LogP contribution in [0.5, 0.6) is 17.2 Å². The Bertz CT molecular complexity index is 368. The molecule has 0 aliphatic carbocycles. The van der Waals surface area contributed by atoms with E-state index < -0.39 is 5.54 Å². The van der Waals surface area contributed by atoms with E-state index in [2.05, 4.69) is 0 Å². The lowest BCUT2D eigenvalue weighted by Crippen LogP contribution is -2.28. The third-order valence-corrected chi connectivity index (χ3v) is 2.15. The van der Waals surface area contributed by atoms with Crippen molar-refractivity contribution in [3.8, 4) is 17.2 Å². The van der Waals surface area contributed by atoms with Gasteiger partial charge in [0.25, 0.3) is 0 Å². The molecule has 0 aromatic heterocycles. The van der Waals surface area contributed by atoms with Crippen LogP contribution in [-0.4, -0.2) is 11.9 Å². The van der Waals surface area contributed by atoms with Crippen LogP contribution in [0.2, 0.25) is 0 Å². The summed E-state index contributed by atoms with van der Waals surface area (Å²) in [6.07, 6.45) is 0. The molecule has 14 heavy (non-hydrogen) atoms. The van der Waals surface area contributed by atoms with E-state index in [9.17, 15) is 5.11 Å². The number of benzene rings is 1. The van der Waals surface area contributed by atoms with Crippen LogP contribution in [0, 0.1) is 0 Å². The monoisotopic (exact) mass is 195 g/mol. The number of rotatable bonds is 1. The van der Waals surface area contributed by atoms with Crippen LogP contribution in [0.25, 0.3) is 0 Å². The lowest BCUT2D eigenvalue weighted by molar-refractivity contribution is 0.172. The molecule has 1 aromatic rings. The van der Waals surface area contributed by atoms with Gasteiger partial charge in [0, 0.05) is 17.2 Å². The van der Waals surface area contributed by atoms with Crippen LogP contribution in [0.15, 0.2) is 12.1 Å². The van der Waals surface area contributed by atoms with Gasteiger partial charge >= 0.3 is 0 Å². The van der Waals surface area contributed by atoms with Crippen molar-refractivity contribution < 1.29 is 14.6 Å². The zero-order valence-corrected chi connectivity index (χ0v) is 8.20. The first-order chi connectivity index (χ1) is 6.48. The van der Waals surface area contributed by atoms with Crippen molar-refractivity contribution >= 4 is 0 Å². The first kappa shape index (κ1) is 9.15. The van der Waals surface area contributed by atoms with Gasteiger partial charge < -0.3 is 20.3 Å². The fourth-order valence-electron chi connectivity index (χ4n) is 1.47. The third-order valence-electron chi connectivity index (χ3n) is 2.15. The first-order valence-corrected chi connectivity index (χ1v) is 4.40. The van der Waals surface area contributed by atoms with Gasteiger partial charge in [0.1, 0.15) is 5.75 Å². The molecule has 4 heteroatoms. The molecule has 1 aromatic carbocycles. The fourth-order valence-corrected chi connectivity index (χ4v) is 1.47. The number of phenolic OH excluding ortho intramolecular Hbond substituents is 1. The number of phenols is 1. The summed E-state index contributed by atoms with van der Waals surface area (Å²) in [5, 5.41) is 9.45. The minimum absolute atomic E-state index is 0.141. The second-order valence-corrected chi connectivity index (χ2v) is 3.95. The summed E-state index contributed by atoms with van der Waals surface area (Å²) in [7, 11) is 0. The van der Waals surface area contributed by atoms with Crippen LogP contribution in [-0.2, 0) is 5.54 Å². The maximum Gasteiger partial charge on any atom is 0.231 e. The topological polar surface area (TPSA) is 64.7 Å². The van der Waals surface area contributed by atoms with E-state index in [1.807, 2.05) is 13.8 Å². The molecule has 0 bridgehead atoms. The Morgan fingerprint density at radius 3 is 2.71 bits per heavy atom.